The minimum Gasteiger partial charge on any atom is -0.460 e. The van der Waals surface area contributed by atoms with Gasteiger partial charge in [-0.2, -0.15) is 10.4 Å². The molecule has 0 saturated heterocycles. The van der Waals surface area contributed by atoms with Crippen molar-refractivity contribution in [3.8, 4) is 11.8 Å². The molecule has 0 amide bonds. The van der Waals surface area contributed by atoms with Crippen LogP contribution in [0.5, 0.6) is 0 Å². The Morgan fingerprint density at radius 1 is 1.20 bits per heavy atom. The number of rotatable bonds is 6. The zero-order valence-electron chi connectivity index (χ0n) is 13.3. The maximum atomic E-state index is 12.0. The monoisotopic (exact) mass is 333 g/mol. The van der Waals surface area contributed by atoms with Gasteiger partial charge in [0.15, 0.2) is 0 Å². The van der Waals surface area contributed by atoms with Gasteiger partial charge in [-0.15, -0.1) is 0 Å². The quantitative estimate of drug-likeness (QED) is 0.550. The predicted molar refractivity (Wildman–Crippen MR) is 91.3 cm³/mol. The van der Waals surface area contributed by atoms with Crippen LogP contribution in [0, 0.1) is 11.3 Å². The number of aromatic nitrogens is 3. The highest BCUT2D eigenvalue weighted by atomic mass is 16.5. The summed E-state index contributed by atoms with van der Waals surface area (Å²) in [5, 5.41) is 16.1. The van der Waals surface area contributed by atoms with Crippen molar-refractivity contribution in [1.82, 2.24) is 14.8 Å². The van der Waals surface area contributed by atoms with Crippen LogP contribution in [0.4, 0.5) is 5.82 Å². The second-order valence-corrected chi connectivity index (χ2v) is 5.07. The summed E-state index contributed by atoms with van der Waals surface area (Å²) in [7, 11) is 0. The van der Waals surface area contributed by atoms with Crippen LogP contribution in [0.15, 0.2) is 61.1 Å². The number of carbonyl (C=O) groups excluding carboxylic acids is 1. The minimum atomic E-state index is -0.407. The summed E-state index contributed by atoms with van der Waals surface area (Å²) in [6, 6.07) is 14.2. The van der Waals surface area contributed by atoms with E-state index in [0.29, 0.717) is 23.5 Å². The molecule has 0 radical (unpaired) electrons. The molecular formula is C18H15N5O2. The van der Waals surface area contributed by atoms with Gasteiger partial charge in [0.1, 0.15) is 18.5 Å². The van der Waals surface area contributed by atoms with Crippen LogP contribution in [-0.2, 0) is 4.74 Å². The van der Waals surface area contributed by atoms with E-state index in [1.807, 2.05) is 18.3 Å². The number of anilines is 1. The average molecular weight is 333 g/mol. The first-order chi connectivity index (χ1) is 12.3. The maximum absolute atomic E-state index is 12.0. The highest BCUT2D eigenvalue weighted by Gasteiger charge is 2.08. The molecule has 2 aromatic heterocycles. The predicted octanol–water partition coefficient (Wildman–Crippen LogP) is 2.41. The molecule has 7 heteroatoms. The van der Waals surface area contributed by atoms with Gasteiger partial charge in [-0.25, -0.2) is 14.5 Å². The fraction of sp³-hybridized carbons (Fsp3) is 0.111. The molecule has 0 aliphatic heterocycles. The third-order valence-corrected chi connectivity index (χ3v) is 3.43. The molecule has 0 unspecified atom stereocenters. The van der Waals surface area contributed by atoms with Crippen molar-refractivity contribution in [2.45, 2.75) is 0 Å². The van der Waals surface area contributed by atoms with E-state index in [0.717, 1.165) is 5.69 Å². The average Bonchev–Trinajstić information content (AvgIpc) is 3.20. The lowest BCUT2D eigenvalue weighted by atomic mass is 10.2. The number of esters is 1. The largest absolute Gasteiger partial charge is 0.460 e. The van der Waals surface area contributed by atoms with Gasteiger partial charge in [-0.1, -0.05) is 0 Å². The van der Waals surface area contributed by atoms with Crippen LogP contribution in [0.25, 0.3) is 5.69 Å². The van der Waals surface area contributed by atoms with E-state index in [-0.39, 0.29) is 6.61 Å². The lowest BCUT2D eigenvalue weighted by molar-refractivity contribution is 0.0520. The number of nitrogens with one attached hydrogen (secondary N) is 1. The lowest BCUT2D eigenvalue weighted by Crippen LogP contribution is -2.15. The first-order valence-corrected chi connectivity index (χ1v) is 7.64. The van der Waals surface area contributed by atoms with Gasteiger partial charge < -0.3 is 10.1 Å². The molecule has 0 fully saturated rings. The third-order valence-electron chi connectivity index (χ3n) is 3.43. The standard InChI is InChI=1S/C18H15N5O2/c19-13-15-3-1-8-20-17(15)21-10-12-25-18(24)14-4-6-16(7-5-14)23-11-2-9-22-23/h1-9,11H,10,12H2,(H,20,21). The number of nitrogens with zero attached hydrogens (tertiary/aromatic N) is 4. The zero-order chi connectivity index (χ0) is 17.5. The van der Waals surface area contributed by atoms with Crippen molar-refractivity contribution in [3.63, 3.8) is 0 Å². The number of hydrogen-bond donors (Lipinski definition) is 1. The maximum Gasteiger partial charge on any atom is 0.338 e. The normalized spacial score (nSPS) is 10.0. The van der Waals surface area contributed by atoms with Crippen LogP contribution in [0.3, 0.4) is 0 Å². The molecule has 0 saturated carbocycles. The SMILES string of the molecule is N#Cc1cccnc1NCCOC(=O)c1ccc(-n2cccn2)cc1. The summed E-state index contributed by atoms with van der Waals surface area (Å²) in [5.74, 6) is 0.0694. The van der Waals surface area contributed by atoms with E-state index in [2.05, 4.69) is 15.4 Å². The van der Waals surface area contributed by atoms with E-state index < -0.39 is 5.97 Å². The first-order valence-electron chi connectivity index (χ1n) is 7.64. The Balaban J connectivity index is 1.50. The zero-order valence-corrected chi connectivity index (χ0v) is 13.3. The molecule has 124 valence electrons. The number of hydrogen-bond acceptors (Lipinski definition) is 6. The third kappa shape index (κ3) is 4.00. The summed E-state index contributed by atoms with van der Waals surface area (Å²) in [4.78, 5) is 16.1. The number of nitriles is 1. The van der Waals surface area contributed by atoms with Gasteiger partial charge in [-0.3, -0.25) is 0 Å². The molecule has 1 N–H and O–H groups in total. The fourth-order valence-corrected chi connectivity index (χ4v) is 2.20. The smallest absolute Gasteiger partial charge is 0.338 e. The molecule has 0 spiro atoms. The Kier molecular flexibility index (Phi) is 5.02. The molecule has 7 nitrogen and oxygen atoms in total. The summed E-state index contributed by atoms with van der Waals surface area (Å²) >= 11 is 0. The Labute approximate surface area is 144 Å². The molecule has 0 aliphatic carbocycles. The van der Waals surface area contributed by atoms with E-state index in [1.165, 1.54) is 0 Å². The van der Waals surface area contributed by atoms with Crippen molar-refractivity contribution in [2.75, 3.05) is 18.5 Å². The second-order valence-electron chi connectivity index (χ2n) is 5.07. The van der Waals surface area contributed by atoms with Gasteiger partial charge in [-0.05, 0) is 42.5 Å². The van der Waals surface area contributed by atoms with Gasteiger partial charge in [0, 0.05) is 18.6 Å². The van der Waals surface area contributed by atoms with Crippen LogP contribution in [0.2, 0.25) is 0 Å². The molecule has 3 rings (SSSR count). The highest BCUT2D eigenvalue weighted by molar-refractivity contribution is 5.89. The van der Waals surface area contributed by atoms with E-state index in [4.69, 9.17) is 10.00 Å². The van der Waals surface area contributed by atoms with Gasteiger partial charge >= 0.3 is 5.97 Å². The lowest BCUT2D eigenvalue weighted by Gasteiger charge is -2.08. The van der Waals surface area contributed by atoms with E-state index >= 15 is 0 Å². The number of ether oxygens (including phenoxy) is 1. The van der Waals surface area contributed by atoms with Crippen molar-refractivity contribution in [1.29, 1.82) is 5.26 Å². The number of benzene rings is 1. The fourth-order valence-electron chi connectivity index (χ4n) is 2.20. The number of pyridine rings is 1. The molecule has 0 aliphatic rings. The van der Waals surface area contributed by atoms with Crippen molar-refractivity contribution < 1.29 is 9.53 Å². The van der Waals surface area contributed by atoms with Crippen molar-refractivity contribution >= 4 is 11.8 Å². The number of carbonyl (C=O) groups is 1. The molecule has 3 aromatic rings. The summed E-state index contributed by atoms with van der Waals surface area (Å²) in [6.07, 6.45) is 5.11. The van der Waals surface area contributed by atoms with Gasteiger partial charge in [0.2, 0.25) is 0 Å². The highest BCUT2D eigenvalue weighted by Crippen LogP contribution is 2.11. The second kappa shape index (κ2) is 7.75. The molecule has 0 atom stereocenters. The molecule has 2 heterocycles. The summed E-state index contributed by atoms with van der Waals surface area (Å²) < 4.78 is 6.93. The Hall–Kier alpha value is -3.66. The molecular weight excluding hydrogens is 318 g/mol. The summed E-state index contributed by atoms with van der Waals surface area (Å²) in [5.41, 5.74) is 1.77. The van der Waals surface area contributed by atoms with Crippen LogP contribution < -0.4 is 5.32 Å². The molecule has 0 bridgehead atoms. The van der Waals surface area contributed by atoms with Crippen molar-refractivity contribution in [3.05, 3.63) is 72.2 Å². The Morgan fingerprint density at radius 2 is 2.04 bits per heavy atom. The van der Waals surface area contributed by atoms with Crippen LogP contribution in [0.1, 0.15) is 15.9 Å². The van der Waals surface area contributed by atoms with Crippen LogP contribution in [-0.4, -0.2) is 33.9 Å². The summed E-state index contributed by atoms with van der Waals surface area (Å²) in [6.45, 7) is 0.532. The van der Waals surface area contributed by atoms with Gasteiger partial charge in [0.05, 0.1) is 23.4 Å². The van der Waals surface area contributed by atoms with Crippen molar-refractivity contribution in [2.24, 2.45) is 0 Å². The van der Waals surface area contributed by atoms with E-state index in [9.17, 15) is 4.79 Å². The first kappa shape index (κ1) is 16.2. The van der Waals surface area contributed by atoms with Gasteiger partial charge in [0.25, 0.3) is 0 Å². The van der Waals surface area contributed by atoms with Crippen LogP contribution >= 0.6 is 0 Å². The van der Waals surface area contributed by atoms with E-state index in [1.54, 1.807) is 53.5 Å². The Bertz CT molecular complexity index is 883. The minimum absolute atomic E-state index is 0.168. The topological polar surface area (TPSA) is 92.8 Å². The molecule has 25 heavy (non-hydrogen) atoms. The Morgan fingerprint density at radius 3 is 2.76 bits per heavy atom. The molecule has 1 aromatic carbocycles.